The Bertz CT molecular complexity index is 528. The first kappa shape index (κ1) is 14.6. The molecule has 2 N–H and O–H groups in total. The Hall–Kier alpha value is -1.80. The first-order chi connectivity index (χ1) is 9.60. The van der Waals surface area contributed by atoms with E-state index >= 15 is 0 Å². The van der Waals surface area contributed by atoms with Crippen LogP contribution in [0.4, 0.5) is 5.69 Å². The van der Waals surface area contributed by atoms with E-state index in [1.165, 1.54) is 22.4 Å². The van der Waals surface area contributed by atoms with Crippen molar-refractivity contribution in [2.45, 2.75) is 26.8 Å². The highest BCUT2D eigenvalue weighted by molar-refractivity contribution is 5.47. The van der Waals surface area contributed by atoms with Crippen molar-refractivity contribution >= 4 is 5.69 Å². The van der Waals surface area contributed by atoms with Crippen molar-refractivity contribution in [3.63, 3.8) is 0 Å². The first-order valence-corrected chi connectivity index (χ1v) is 7.24. The molecule has 0 saturated carbocycles. The maximum Gasteiger partial charge on any atom is 0.0473 e. The van der Waals surface area contributed by atoms with Crippen LogP contribution >= 0.6 is 0 Å². The van der Waals surface area contributed by atoms with Crippen molar-refractivity contribution in [1.29, 1.82) is 0 Å². The van der Waals surface area contributed by atoms with Crippen LogP contribution in [0.25, 0.3) is 0 Å². The number of aryl methyl sites for hydroxylation is 2. The van der Waals surface area contributed by atoms with Crippen molar-refractivity contribution in [2.24, 2.45) is 5.73 Å². The number of hydrogen-bond acceptors (Lipinski definition) is 2. The van der Waals surface area contributed by atoms with E-state index in [1.54, 1.807) is 0 Å². The lowest BCUT2D eigenvalue weighted by Gasteiger charge is -2.27. The zero-order chi connectivity index (χ0) is 14.5. The van der Waals surface area contributed by atoms with Gasteiger partial charge in [-0.15, -0.1) is 0 Å². The third kappa shape index (κ3) is 3.61. The van der Waals surface area contributed by atoms with E-state index in [2.05, 4.69) is 74.2 Å². The Morgan fingerprint density at radius 3 is 1.90 bits per heavy atom. The highest BCUT2D eigenvalue weighted by atomic mass is 15.1. The van der Waals surface area contributed by atoms with Gasteiger partial charge in [-0.3, -0.25) is 0 Å². The normalized spacial score (nSPS) is 12.2. The molecule has 1 atom stereocenters. The second-order valence-corrected chi connectivity index (χ2v) is 5.39. The van der Waals surface area contributed by atoms with E-state index in [4.69, 9.17) is 5.73 Å². The standard InChI is InChI=1S/C18H24N2/c1-4-20(17-11-7-15(3)8-12-17)13-18(19)16-9-5-14(2)6-10-16/h5-12,18H,4,13,19H2,1-3H3. The fourth-order valence-electron chi connectivity index (χ4n) is 2.33. The Balaban J connectivity index is 2.09. The van der Waals surface area contributed by atoms with Crippen LogP contribution in [0.15, 0.2) is 48.5 Å². The molecule has 0 bridgehead atoms. The second-order valence-electron chi connectivity index (χ2n) is 5.39. The van der Waals surface area contributed by atoms with Crippen molar-refractivity contribution in [2.75, 3.05) is 18.0 Å². The molecule has 2 heteroatoms. The summed E-state index contributed by atoms with van der Waals surface area (Å²) in [6.07, 6.45) is 0. The van der Waals surface area contributed by atoms with Gasteiger partial charge in [0.15, 0.2) is 0 Å². The Morgan fingerprint density at radius 2 is 1.40 bits per heavy atom. The molecule has 106 valence electrons. The molecule has 2 aromatic rings. The van der Waals surface area contributed by atoms with Gasteiger partial charge in [0.1, 0.15) is 0 Å². The molecule has 1 unspecified atom stereocenters. The third-order valence-corrected chi connectivity index (χ3v) is 3.70. The molecule has 0 aliphatic rings. The lowest BCUT2D eigenvalue weighted by molar-refractivity contribution is 0.677. The number of hydrogen-bond donors (Lipinski definition) is 1. The molecule has 2 aromatic carbocycles. The fourth-order valence-corrected chi connectivity index (χ4v) is 2.33. The van der Waals surface area contributed by atoms with Crippen LogP contribution in [-0.4, -0.2) is 13.1 Å². The average molecular weight is 268 g/mol. The molecule has 0 aliphatic carbocycles. The van der Waals surface area contributed by atoms with Crippen LogP contribution in [-0.2, 0) is 0 Å². The SMILES string of the molecule is CCN(CC(N)c1ccc(C)cc1)c1ccc(C)cc1. The van der Waals surface area contributed by atoms with Crippen molar-refractivity contribution < 1.29 is 0 Å². The smallest absolute Gasteiger partial charge is 0.0473 e. The molecule has 0 fully saturated rings. The molecule has 0 aromatic heterocycles. The fraction of sp³-hybridized carbons (Fsp3) is 0.333. The maximum atomic E-state index is 6.35. The van der Waals surface area contributed by atoms with Gasteiger partial charge in [0, 0.05) is 24.8 Å². The third-order valence-electron chi connectivity index (χ3n) is 3.70. The predicted molar refractivity (Wildman–Crippen MR) is 87.2 cm³/mol. The number of anilines is 1. The van der Waals surface area contributed by atoms with E-state index in [-0.39, 0.29) is 6.04 Å². The largest absolute Gasteiger partial charge is 0.370 e. The van der Waals surface area contributed by atoms with Crippen LogP contribution in [0.2, 0.25) is 0 Å². The van der Waals surface area contributed by atoms with E-state index in [0.717, 1.165) is 13.1 Å². The Morgan fingerprint density at radius 1 is 0.900 bits per heavy atom. The Kier molecular flexibility index (Phi) is 4.80. The zero-order valence-electron chi connectivity index (χ0n) is 12.6. The summed E-state index contributed by atoms with van der Waals surface area (Å²) in [5.41, 5.74) is 11.3. The van der Waals surface area contributed by atoms with E-state index in [0.29, 0.717) is 0 Å². The van der Waals surface area contributed by atoms with E-state index in [9.17, 15) is 0 Å². The van der Waals surface area contributed by atoms with E-state index < -0.39 is 0 Å². The van der Waals surface area contributed by atoms with Crippen molar-refractivity contribution in [3.8, 4) is 0 Å². The topological polar surface area (TPSA) is 29.3 Å². The number of likely N-dealkylation sites (N-methyl/N-ethyl adjacent to an activating group) is 1. The second kappa shape index (κ2) is 6.58. The number of benzene rings is 2. The monoisotopic (exact) mass is 268 g/mol. The minimum absolute atomic E-state index is 0.0388. The van der Waals surface area contributed by atoms with Gasteiger partial charge >= 0.3 is 0 Å². The number of nitrogens with two attached hydrogens (primary N) is 1. The van der Waals surface area contributed by atoms with Gasteiger partial charge in [0.05, 0.1) is 0 Å². The molecular formula is C18H24N2. The molecule has 0 amide bonds. The zero-order valence-corrected chi connectivity index (χ0v) is 12.6. The highest BCUT2D eigenvalue weighted by Crippen LogP contribution is 2.19. The molecule has 2 nitrogen and oxygen atoms in total. The predicted octanol–water partition coefficient (Wildman–Crippen LogP) is 3.83. The van der Waals surface area contributed by atoms with Gasteiger partial charge in [0.2, 0.25) is 0 Å². The summed E-state index contributed by atoms with van der Waals surface area (Å²) in [5, 5.41) is 0. The lowest BCUT2D eigenvalue weighted by atomic mass is 10.1. The van der Waals surface area contributed by atoms with Crippen molar-refractivity contribution in [1.82, 2.24) is 0 Å². The maximum absolute atomic E-state index is 6.35. The first-order valence-electron chi connectivity index (χ1n) is 7.24. The average Bonchev–Trinajstić information content (AvgIpc) is 2.46. The Labute approximate surface area is 122 Å². The molecular weight excluding hydrogens is 244 g/mol. The molecule has 0 aliphatic heterocycles. The van der Waals surface area contributed by atoms with Crippen LogP contribution in [0, 0.1) is 13.8 Å². The van der Waals surface area contributed by atoms with Gasteiger partial charge in [-0.25, -0.2) is 0 Å². The molecule has 2 rings (SSSR count). The lowest BCUT2D eigenvalue weighted by Crippen LogP contribution is -2.32. The van der Waals surface area contributed by atoms with Gasteiger partial charge in [0.25, 0.3) is 0 Å². The molecule has 20 heavy (non-hydrogen) atoms. The molecule has 0 radical (unpaired) electrons. The van der Waals surface area contributed by atoms with Crippen LogP contribution in [0.5, 0.6) is 0 Å². The van der Waals surface area contributed by atoms with Gasteiger partial charge in [-0.05, 0) is 38.5 Å². The summed E-state index contributed by atoms with van der Waals surface area (Å²) in [5.74, 6) is 0. The van der Waals surface area contributed by atoms with Crippen LogP contribution in [0.1, 0.15) is 29.7 Å². The highest BCUT2D eigenvalue weighted by Gasteiger charge is 2.11. The number of rotatable bonds is 5. The van der Waals surface area contributed by atoms with Gasteiger partial charge in [-0.2, -0.15) is 0 Å². The number of nitrogens with zero attached hydrogens (tertiary/aromatic N) is 1. The van der Waals surface area contributed by atoms with Crippen LogP contribution < -0.4 is 10.6 Å². The summed E-state index contributed by atoms with van der Waals surface area (Å²) >= 11 is 0. The van der Waals surface area contributed by atoms with Crippen molar-refractivity contribution in [3.05, 3.63) is 65.2 Å². The molecule has 0 saturated heterocycles. The summed E-state index contributed by atoms with van der Waals surface area (Å²) in [7, 11) is 0. The van der Waals surface area contributed by atoms with E-state index in [1.807, 2.05) is 0 Å². The summed E-state index contributed by atoms with van der Waals surface area (Å²) < 4.78 is 0. The molecule has 0 heterocycles. The minimum atomic E-state index is 0.0388. The summed E-state index contributed by atoms with van der Waals surface area (Å²) in [6, 6.07) is 17.2. The summed E-state index contributed by atoms with van der Waals surface area (Å²) in [4.78, 5) is 2.32. The van der Waals surface area contributed by atoms with Crippen LogP contribution in [0.3, 0.4) is 0 Å². The summed E-state index contributed by atoms with van der Waals surface area (Å²) in [6.45, 7) is 8.17. The van der Waals surface area contributed by atoms with Gasteiger partial charge < -0.3 is 10.6 Å². The minimum Gasteiger partial charge on any atom is -0.370 e. The van der Waals surface area contributed by atoms with Gasteiger partial charge in [-0.1, -0.05) is 47.5 Å². The molecule has 0 spiro atoms. The quantitative estimate of drug-likeness (QED) is 0.893.